The van der Waals surface area contributed by atoms with Gasteiger partial charge in [-0.25, -0.2) is 15.0 Å². The average Bonchev–Trinajstić information content (AvgIpc) is 3.03. The lowest BCUT2D eigenvalue weighted by molar-refractivity contribution is -0.122. The third-order valence-electron chi connectivity index (χ3n) is 6.59. The van der Waals surface area contributed by atoms with Crippen molar-refractivity contribution in [2.45, 2.75) is 45.1 Å². The summed E-state index contributed by atoms with van der Waals surface area (Å²) in [4.78, 5) is 31.8. The summed E-state index contributed by atoms with van der Waals surface area (Å²) >= 11 is 0. The second-order valence-electron chi connectivity index (χ2n) is 8.72. The molecular formula is C25H30N6O. The van der Waals surface area contributed by atoms with Crippen LogP contribution < -0.4 is 9.80 Å². The molecule has 3 aromatic rings. The Labute approximate surface area is 188 Å². The minimum atomic E-state index is -0.0886. The molecule has 0 saturated carbocycles. The van der Waals surface area contributed by atoms with E-state index in [1.54, 1.807) is 12.4 Å². The summed E-state index contributed by atoms with van der Waals surface area (Å²) in [6.07, 6.45) is 9.83. The Morgan fingerprint density at radius 1 is 1.12 bits per heavy atom. The number of hydrogen-bond acceptors (Lipinski definition) is 5. The van der Waals surface area contributed by atoms with Gasteiger partial charge in [-0.3, -0.25) is 4.79 Å². The van der Waals surface area contributed by atoms with Crippen molar-refractivity contribution < 1.29 is 4.79 Å². The minimum Gasteiger partial charge on any atom is -0.354 e. The molecule has 0 bridgehead atoms. The molecule has 5 rings (SSSR count). The molecule has 2 aromatic heterocycles. The summed E-state index contributed by atoms with van der Waals surface area (Å²) in [5, 5.41) is 0. The van der Waals surface area contributed by atoms with Gasteiger partial charge in [-0.15, -0.1) is 6.58 Å². The molecule has 0 N–H and O–H groups in total. The molecule has 1 atom stereocenters. The normalized spacial score (nSPS) is 18.8. The molecule has 0 spiro atoms. The average molecular weight is 431 g/mol. The largest absolute Gasteiger partial charge is 0.354 e. The fourth-order valence-corrected chi connectivity index (χ4v) is 5.01. The van der Waals surface area contributed by atoms with E-state index in [-0.39, 0.29) is 11.8 Å². The summed E-state index contributed by atoms with van der Waals surface area (Å²) in [7, 11) is 0. The van der Waals surface area contributed by atoms with Crippen molar-refractivity contribution in [2.75, 3.05) is 29.4 Å². The molecule has 4 heterocycles. The summed E-state index contributed by atoms with van der Waals surface area (Å²) in [6.45, 7) is 6.86. The number of nitrogens with zero attached hydrogens (tertiary/aromatic N) is 6. The summed E-state index contributed by atoms with van der Waals surface area (Å²) in [5.41, 5.74) is 2.72. The zero-order chi connectivity index (χ0) is 21.9. The van der Waals surface area contributed by atoms with E-state index in [0.717, 1.165) is 67.3 Å². The fourth-order valence-electron chi connectivity index (χ4n) is 5.01. The number of carbonyl (C=O) groups is 1. The van der Waals surface area contributed by atoms with Gasteiger partial charge in [0, 0.05) is 38.3 Å². The standard InChI is InChI=1S/C25H30N6O/c1-2-14-30(20-11-5-3-6-12-20)25(32)19-10-9-15-29(17-19)23-22-24(27-18-26-23)31-16-8-4-7-13-21(31)28-22/h2-3,5-6,11-12,18-19H,1,4,7-10,13-17H2/t19-/m0/s1. The first-order valence-electron chi connectivity index (χ1n) is 11.7. The topological polar surface area (TPSA) is 67.2 Å². The number of hydrogen-bond donors (Lipinski definition) is 0. The number of benzene rings is 1. The summed E-state index contributed by atoms with van der Waals surface area (Å²) in [6, 6.07) is 9.86. The lowest BCUT2D eigenvalue weighted by Gasteiger charge is -2.35. The fraction of sp³-hybridized carbons (Fsp3) is 0.440. The number of aryl methyl sites for hydroxylation is 2. The van der Waals surface area contributed by atoms with Gasteiger partial charge in [0.2, 0.25) is 5.91 Å². The van der Waals surface area contributed by atoms with Crippen molar-refractivity contribution in [1.82, 2.24) is 19.5 Å². The number of anilines is 2. The number of carbonyl (C=O) groups excluding carboxylic acids is 1. The number of piperidine rings is 1. The highest BCUT2D eigenvalue weighted by molar-refractivity contribution is 5.96. The lowest BCUT2D eigenvalue weighted by atomic mass is 9.96. The highest BCUT2D eigenvalue weighted by Crippen LogP contribution is 2.30. The third kappa shape index (κ3) is 3.87. The molecule has 7 heteroatoms. The van der Waals surface area contributed by atoms with Gasteiger partial charge in [0.15, 0.2) is 17.0 Å². The Morgan fingerprint density at radius 3 is 2.84 bits per heavy atom. The quantitative estimate of drug-likeness (QED) is 0.573. The third-order valence-corrected chi connectivity index (χ3v) is 6.59. The number of fused-ring (bicyclic) bond motifs is 3. The Balaban J connectivity index is 1.42. The van der Waals surface area contributed by atoms with E-state index in [1.807, 2.05) is 35.2 Å². The number of para-hydroxylation sites is 1. The molecule has 0 unspecified atom stereocenters. The molecule has 2 aliphatic heterocycles. The van der Waals surface area contributed by atoms with E-state index in [9.17, 15) is 4.79 Å². The van der Waals surface area contributed by atoms with Crippen molar-refractivity contribution in [1.29, 1.82) is 0 Å². The van der Waals surface area contributed by atoms with E-state index >= 15 is 0 Å². The van der Waals surface area contributed by atoms with Gasteiger partial charge >= 0.3 is 0 Å². The molecule has 0 radical (unpaired) electrons. The van der Waals surface area contributed by atoms with Crippen molar-refractivity contribution in [3.05, 3.63) is 55.1 Å². The van der Waals surface area contributed by atoms with Crippen LogP contribution in [0.1, 0.15) is 37.9 Å². The molecule has 1 saturated heterocycles. The highest BCUT2D eigenvalue weighted by atomic mass is 16.2. The Morgan fingerprint density at radius 2 is 2.00 bits per heavy atom. The first-order chi connectivity index (χ1) is 15.8. The molecule has 32 heavy (non-hydrogen) atoms. The van der Waals surface area contributed by atoms with Crippen LogP contribution in [0.5, 0.6) is 0 Å². The molecule has 1 fully saturated rings. The molecule has 0 aliphatic carbocycles. The predicted octanol–water partition coefficient (Wildman–Crippen LogP) is 3.99. The monoisotopic (exact) mass is 430 g/mol. The van der Waals surface area contributed by atoms with Gasteiger partial charge < -0.3 is 14.4 Å². The van der Waals surface area contributed by atoms with Gasteiger partial charge in [-0.05, 0) is 37.8 Å². The van der Waals surface area contributed by atoms with E-state index in [1.165, 1.54) is 12.8 Å². The molecule has 2 aliphatic rings. The van der Waals surface area contributed by atoms with Crippen LogP contribution >= 0.6 is 0 Å². The second-order valence-corrected chi connectivity index (χ2v) is 8.72. The van der Waals surface area contributed by atoms with Crippen molar-refractivity contribution in [3.8, 4) is 0 Å². The van der Waals surface area contributed by atoms with Gasteiger partial charge in [0.05, 0.1) is 5.92 Å². The highest BCUT2D eigenvalue weighted by Gasteiger charge is 2.31. The Bertz CT molecular complexity index is 1110. The first kappa shape index (κ1) is 20.7. The van der Waals surface area contributed by atoms with E-state index in [0.29, 0.717) is 13.1 Å². The minimum absolute atomic E-state index is 0.0886. The van der Waals surface area contributed by atoms with Gasteiger partial charge in [0.25, 0.3) is 0 Å². The number of amides is 1. The second kappa shape index (κ2) is 9.10. The van der Waals surface area contributed by atoms with E-state index in [4.69, 9.17) is 4.98 Å². The molecule has 1 aromatic carbocycles. The number of rotatable bonds is 5. The zero-order valence-corrected chi connectivity index (χ0v) is 18.5. The maximum atomic E-state index is 13.5. The predicted molar refractivity (Wildman–Crippen MR) is 127 cm³/mol. The van der Waals surface area contributed by atoms with Crippen LogP contribution in [0.2, 0.25) is 0 Å². The lowest BCUT2D eigenvalue weighted by Crippen LogP contribution is -2.45. The number of aromatic nitrogens is 4. The molecule has 166 valence electrons. The summed E-state index contributed by atoms with van der Waals surface area (Å²) in [5.74, 6) is 2.04. The first-order valence-corrected chi connectivity index (χ1v) is 11.7. The zero-order valence-electron chi connectivity index (χ0n) is 18.5. The van der Waals surface area contributed by atoms with Crippen molar-refractivity contribution in [3.63, 3.8) is 0 Å². The van der Waals surface area contributed by atoms with Crippen LogP contribution in [0.4, 0.5) is 11.5 Å². The van der Waals surface area contributed by atoms with Crippen LogP contribution in [0.15, 0.2) is 49.3 Å². The molecule has 1 amide bonds. The molecule has 7 nitrogen and oxygen atoms in total. The maximum absolute atomic E-state index is 13.5. The number of imidazole rings is 1. The van der Waals surface area contributed by atoms with Crippen LogP contribution in [-0.2, 0) is 17.8 Å². The van der Waals surface area contributed by atoms with Gasteiger partial charge in [-0.1, -0.05) is 30.7 Å². The van der Waals surface area contributed by atoms with Crippen molar-refractivity contribution in [2.24, 2.45) is 5.92 Å². The van der Waals surface area contributed by atoms with Crippen LogP contribution in [-0.4, -0.2) is 45.1 Å². The molecular weight excluding hydrogens is 400 g/mol. The van der Waals surface area contributed by atoms with E-state index < -0.39 is 0 Å². The van der Waals surface area contributed by atoms with Crippen molar-refractivity contribution >= 4 is 28.6 Å². The smallest absolute Gasteiger partial charge is 0.232 e. The Hall–Kier alpha value is -3.22. The van der Waals surface area contributed by atoms with Crippen LogP contribution in [0.25, 0.3) is 11.2 Å². The van der Waals surface area contributed by atoms with Gasteiger partial charge in [-0.2, -0.15) is 0 Å². The van der Waals surface area contributed by atoms with E-state index in [2.05, 4.69) is 26.0 Å². The van der Waals surface area contributed by atoms with Crippen LogP contribution in [0.3, 0.4) is 0 Å². The van der Waals surface area contributed by atoms with Gasteiger partial charge in [0.1, 0.15) is 12.2 Å². The van der Waals surface area contributed by atoms with Crippen LogP contribution in [0, 0.1) is 5.92 Å². The Kier molecular flexibility index (Phi) is 5.88. The SMILES string of the molecule is C=CCN(C(=O)[C@H]1CCCN(c2ncnc3c2nc2n3CCCCC2)C1)c1ccccc1. The summed E-state index contributed by atoms with van der Waals surface area (Å²) < 4.78 is 2.27. The maximum Gasteiger partial charge on any atom is 0.232 e.